The van der Waals surface area contributed by atoms with Gasteiger partial charge in [0.15, 0.2) is 27.8 Å². The molecule has 0 spiro atoms. The Bertz CT molecular complexity index is 2100. The Morgan fingerprint density at radius 2 is 1.80 bits per heavy atom. The molecule has 5 rings (SSSR count). The van der Waals surface area contributed by atoms with Gasteiger partial charge in [0.25, 0.3) is 11.2 Å². The Balaban J connectivity index is 1.56. The van der Waals surface area contributed by atoms with E-state index in [9.17, 15) is 19.7 Å². The number of rotatable bonds is 13. The number of nitrogens with zero attached hydrogens (tertiary/aromatic N) is 3. The van der Waals surface area contributed by atoms with Gasteiger partial charge in [-0.1, -0.05) is 35.6 Å². The lowest BCUT2D eigenvalue weighted by atomic mass is 9.95. The smallest absolute Gasteiger partial charge is 0.338 e. The Kier molecular flexibility index (Phi) is 10.8. The number of fused-ring (bicyclic) bond motifs is 1. The van der Waals surface area contributed by atoms with Crippen molar-refractivity contribution in [3.8, 4) is 23.0 Å². The zero-order valence-corrected chi connectivity index (χ0v) is 28.9. The van der Waals surface area contributed by atoms with Crippen LogP contribution in [0.1, 0.15) is 57.4 Å². The molecule has 0 saturated carbocycles. The standard InChI is InChI=1S/C36H37N3O9S/c1-7-45-30-17-23(12-14-27(30)47-20-24-10-9-11-26(16-24)39(42)43)18-31-34(40)38-33(25-13-15-28(48-21(3)4)29(19-25)44-6)32(35(41)46-8-2)22(5)37-36(38)49-31/h9-19,21,33H,7-8,20H2,1-6H3/b31-18-/t33-/m1/s1. The zero-order chi connectivity index (χ0) is 35.2. The van der Waals surface area contributed by atoms with Crippen molar-refractivity contribution >= 4 is 29.1 Å². The number of esters is 1. The van der Waals surface area contributed by atoms with Crippen molar-refractivity contribution in [2.24, 2.45) is 4.99 Å². The van der Waals surface area contributed by atoms with Crippen LogP contribution in [0.25, 0.3) is 6.08 Å². The van der Waals surface area contributed by atoms with Crippen LogP contribution in [-0.2, 0) is 16.1 Å². The number of nitro groups is 1. The van der Waals surface area contributed by atoms with E-state index in [1.54, 1.807) is 68.5 Å². The number of hydrogen-bond donors (Lipinski definition) is 0. The summed E-state index contributed by atoms with van der Waals surface area (Å²) in [7, 11) is 1.53. The first kappa shape index (κ1) is 34.9. The van der Waals surface area contributed by atoms with E-state index in [0.29, 0.717) is 61.3 Å². The van der Waals surface area contributed by atoms with Gasteiger partial charge in [-0.2, -0.15) is 0 Å². The number of carbonyl (C=O) groups is 1. The van der Waals surface area contributed by atoms with Crippen LogP contribution in [0.4, 0.5) is 5.69 Å². The van der Waals surface area contributed by atoms with E-state index in [0.717, 1.165) is 0 Å². The number of non-ortho nitro benzene ring substituents is 1. The third kappa shape index (κ3) is 7.67. The summed E-state index contributed by atoms with van der Waals surface area (Å²) in [5.74, 6) is 1.33. The molecule has 0 saturated heterocycles. The second-order valence-corrected chi connectivity index (χ2v) is 12.2. The highest BCUT2D eigenvalue weighted by molar-refractivity contribution is 7.07. The molecule has 0 unspecified atom stereocenters. The summed E-state index contributed by atoms with van der Waals surface area (Å²) in [6, 6.07) is 16.0. The Morgan fingerprint density at radius 1 is 1.02 bits per heavy atom. The summed E-state index contributed by atoms with van der Waals surface area (Å²) in [4.78, 5) is 43.3. The predicted octanol–water partition coefficient (Wildman–Crippen LogP) is 5.48. The maximum absolute atomic E-state index is 14.2. The maximum atomic E-state index is 14.2. The van der Waals surface area contributed by atoms with E-state index < -0.39 is 16.9 Å². The molecule has 12 nitrogen and oxygen atoms in total. The topological polar surface area (TPSA) is 141 Å². The van der Waals surface area contributed by atoms with Gasteiger partial charge in [-0.05, 0) is 81.7 Å². The average molecular weight is 688 g/mol. The minimum atomic E-state index is -0.831. The maximum Gasteiger partial charge on any atom is 0.338 e. The minimum Gasteiger partial charge on any atom is -0.493 e. The lowest BCUT2D eigenvalue weighted by molar-refractivity contribution is -0.384. The number of thiazole rings is 1. The average Bonchev–Trinajstić information content (AvgIpc) is 3.37. The molecule has 2 heterocycles. The van der Waals surface area contributed by atoms with E-state index >= 15 is 0 Å². The molecule has 0 radical (unpaired) electrons. The van der Waals surface area contributed by atoms with E-state index in [4.69, 9.17) is 23.7 Å². The summed E-state index contributed by atoms with van der Waals surface area (Å²) in [6.07, 6.45) is 1.64. The van der Waals surface area contributed by atoms with Crippen LogP contribution in [0.2, 0.25) is 0 Å². The first-order chi connectivity index (χ1) is 23.5. The molecule has 1 aliphatic rings. The van der Waals surface area contributed by atoms with Crippen LogP contribution in [0.5, 0.6) is 23.0 Å². The molecule has 0 fully saturated rings. The summed E-state index contributed by atoms with van der Waals surface area (Å²) >= 11 is 1.20. The largest absolute Gasteiger partial charge is 0.493 e. The van der Waals surface area contributed by atoms with Gasteiger partial charge >= 0.3 is 5.97 Å². The van der Waals surface area contributed by atoms with Crippen LogP contribution in [-0.4, -0.2) is 41.9 Å². The molecule has 13 heteroatoms. The molecule has 256 valence electrons. The SMILES string of the molecule is CCOC(=O)C1=C(C)N=c2s/c(=C\c3ccc(OCc4cccc([N+](=O)[O-])c4)c(OCC)c3)c(=O)n2[C@@H]1c1ccc(OC(C)C)c(OC)c1. The molecule has 0 bridgehead atoms. The van der Waals surface area contributed by atoms with Crippen LogP contribution >= 0.6 is 11.3 Å². The van der Waals surface area contributed by atoms with Crippen molar-refractivity contribution in [2.75, 3.05) is 20.3 Å². The van der Waals surface area contributed by atoms with Gasteiger partial charge in [0.05, 0.1) is 53.2 Å². The lowest BCUT2D eigenvalue weighted by Crippen LogP contribution is -2.40. The highest BCUT2D eigenvalue weighted by atomic mass is 32.1. The molecule has 1 aliphatic heterocycles. The fourth-order valence-corrected chi connectivity index (χ4v) is 6.43. The summed E-state index contributed by atoms with van der Waals surface area (Å²) < 4.78 is 30.7. The van der Waals surface area contributed by atoms with Gasteiger partial charge in [-0.25, -0.2) is 9.79 Å². The lowest BCUT2D eigenvalue weighted by Gasteiger charge is -2.25. The van der Waals surface area contributed by atoms with Gasteiger partial charge in [0.2, 0.25) is 0 Å². The van der Waals surface area contributed by atoms with Crippen molar-refractivity contribution in [3.63, 3.8) is 0 Å². The van der Waals surface area contributed by atoms with Gasteiger partial charge in [-0.3, -0.25) is 19.5 Å². The van der Waals surface area contributed by atoms with E-state index in [2.05, 4.69) is 4.99 Å². The fraction of sp³-hybridized carbons (Fsp3) is 0.306. The molecule has 49 heavy (non-hydrogen) atoms. The van der Waals surface area contributed by atoms with Gasteiger partial charge in [-0.15, -0.1) is 0 Å². The second kappa shape index (κ2) is 15.2. The molecular weight excluding hydrogens is 650 g/mol. The first-order valence-electron chi connectivity index (χ1n) is 15.7. The number of carbonyl (C=O) groups excluding carboxylic acids is 1. The number of hydrogen-bond acceptors (Lipinski definition) is 11. The molecular formula is C36H37N3O9S. The number of ether oxygens (including phenoxy) is 5. The Morgan fingerprint density at radius 3 is 2.49 bits per heavy atom. The summed E-state index contributed by atoms with van der Waals surface area (Å²) in [5, 5.41) is 11.2. The van der Waals surface area contributed by atoms with Crippen LogP contribution in [0, 0.1) is 10.1 Å². The molecule has 1 aromatic heterocycles. The van der Waals surface area contributed by atoms with E-state index in [1.807, 2.05) is 20.8 Å². The van der Waals surface area contributed by atoms with Crippen LogP contribution in [0.3, 0.4) is 0 Å². The van der Waals surface area contributed by atoms with Gasteiger partial charge in [0.1, 0.15) is 6.61 Å². The first-order valence-corrected chi connectivity index (χ1v) is 16.5. The normalized spacial score (nSPS) is 14.3. The molecule has 4 aromatic rings. The van der Waals surface area contributed by atoms with Crippen molar-refractivity contribution in [3.05, 3.63) is 118 Å². The van der Waals surface area contributed by atoms with E-state index in [-0.39, 0.29) is 36.1 Å². The molecule has 0 aliphatic carbocycles. The minimum absolute atomic E-state index is 0.0222. The van der Waals surface area contributed by atoms with Gasteiger partial charge in [0, 0.05) is 12.1 Å². The van der Waals surface area contributed by atoms with Crippen molar-refractivity contribution in [1.29, 1.82) is 0 Å². The number of nitro benzene ring substituents is 1. The third-order valence-electron chi connectivity index (χ3n) is 7.46. The van der Waals surface area contributed by atoms with Crippen LogP contribution < -0.4 is 33.8 Å². The Hall–Kier alpha value is -5.43. The molecule has 1 atom stereocenters. The molecule has 3 aromatic carbocycles. The van der Waals surface area contributed by atoms with Crippen molar-refractivity contribution in [2.45, 2.75) is 53.4 Å². The summed E-state index contributed by atoms with van der Waals surface area (Å²) in [6.45, 7) is 9.73. The summed E-state index contributed by atoms with van der Waals surface area (Å²) in [5.41, 5.74) is 2.27. The fourth-order valence-electron chi connectivity index (χ4n) is 5.39. The number of methoxy groups -OCH3 is 1. The molecule has 0 amide bonds. The van der Waals surface area contributed by atoms with Crippen molar-refractivity contribution < 1.29 is 33.4 Å². The van der Waals surface area contributed by atoms with Crippen LogP contribution in [0.15, 0.2) is 81.7 Å². The predicted molar refractivity (Wildman–Crippen MR) is 184 cm³/mol. The third-order valence-corrected chi connectivity index (χ3v) is 8.45. The number of allylic oxidation sites excluding steroid dienone is 1. The number of benzene rings is 3. The zero-order valence-electron chi connectivity index (χ0n) is 28.1. The quantitative estimate of drug-likeness (QED) is 0.102. The second-order valence-electron chi connectivity index (χ2n) is 11.2. The number of aromatic nitrogens is 1. The van der Waals surface area contributed by atoms with Gasteiger partial charge < -0.3 is 23.7 Å². The Labute approximate surface area is 286 Å². The van der Waals surface area contributed by atoms with E-state index in [1.165, 1.54) is 35.1 Å². The molecule has 0 N–H and O–H groups in total. The monoisotopic (exact) mass is 687 g/mol. The highest BCUT2D eigenvalue weighted by Crippen LogP contribution is 2.37. The van der Waals surface area contributed by atoms with Crippen molar-refractivity contribution in [1.82, 2.24) is 4.57 Å². The highest BCUT2D eigenvalue weighted by Gasteiger charge is 2.34.